The van der Waals surface area contributed by atoms with Gasteiger partial charge in [0.05, 0.1) is 5.92 Å². The van der Waals surface area contributed by atoms with E-state index in [9.17, 15) is 14.0 Å². The van der Waals surface area contributed by atoms with Gasteiger partial charge >= 0.3 is 0 Å². The van der Waals surface area contributed by atoms with Gasteiger partial charge in [-0.2, -0.15) is 0 Å². The number of carbonyl (C=O) groups excluding carboxylic acids is 2. The Morgan fingerprint density at radius 3 is 2.79 bits per heavy atom. The number of likely N-dealkylation sites (tertiary alicyclic amines) is 1. The molecule has 1 aromatic heterocycles. The van der Waals surface area contributed by atoms with Crippen LogP contribution in [0.5, 0.6) is 0 Å². The number of aromatic amines is 1. The molecule has 0 saturated carbocycles. The second kappa shape index (κ2) is 8.07. The molecule has 6 heteroatoms. The molecule has 2 N–H and O–H groups in total. The van der Waals surface area contributed by atoms with Gasteiger partial charge in [0.15, 0.2) is 0 Å². The molecule has 1 saturated heterocycles. The number of hydrogen-bond acceptors (Lipinski definition) is 2. The molecule has 1 atom stereocenters. The van der Waals surface area contributed by atoms with Crippen molar-refractivity contribution in [2.24, 2.45) is 5.92 Å². The van der Waals surface area contributed by atoms with Crippen LogP contribution < -0.4 is 5.32 Å². The monoisotopic (exact) mass is 393 g/mol. The van der Waals surface area contributed by atoms with Crippen molar-refractivity contribution >= 4 is 28.4 Å². The fraction of sp³-hybridized carbons (Fsp3) is 0.304. The molecule has 0 bridgehead atoms. The van der Waals surface area contributed by atoms with Crippen LogP contribution in [0.1, 0.15) is 24.5 Å². The van der Waals surface area contributed by atoms with Gasteiger partial charge in [0.2, 0.25) is 11.8 Å². The van der Waals surface area contributed by atoms with E-state index in [0.29, 0.717) is 19.5 Å². The topological polar surface area (TPSA) is 65.2 Å². The third-order valence-electron chi connectivity index (χ3n) is 5.60. The highest BCUT2D eigenvalue weighted by atomic mass is 19.1. The molecule has 1 aliphatic rings. The summed E-state index contributed by atoms with van der Waals surface area (Å²) in [7, 11) is 0. The summed E-state index contributed by atoms with van der Waals surface area (Å²) in [6, 6.07) is 12.4. The lowest BCUT2D eigenvalue weighted by Crippen LogP contribution is -2.30. The second-order valence-corrected chi connectivity index (χ2v) is 7.53. The van der Waals surface area contributed by atoms with E-state index >= 15 is 0 Å². The summed E-state index contributed by atoms with van der Waals surface area (Å²) in [5.41, 5.74) is 3.80. The molecule has 0 spiro atoms. The molecule has 1 unspecified atom stereocenters. The van der Waals surface area contributed by atoms with Gasteiger partial charge in [-0.3, -0.25) is 9.59 Å². The molecule has 2 heterocycles. The highest BCUT2D eigenvalue weighted by Crippen LogP contribution is 2.23. The van der Waals surface area contributed by atoms with E-state index in [1.165, 1.54) is 17.7 Å². The van der Waals surface area contributed by atoms with Crippen molar-refractivity contribution in [1.29, 1.82) is 0 Å². The lowest BCUT2D eigenvalue weighted by Gasteiger charge is -2.16. The summed E-state index contributed by atoms with van der Waals surface area (Å²) < 4.78 is 13.5. The third-order valence-corrected chi connectivity index (χ3v) is 5.60. The van der Waals surface area contributed by atoms with E-state index in [1.54, 1.807) is 11.0 Å². The number of hydrogen-bond donors (Lipinski definition) is 2. The van der Waals surface area contributed by atoms with Crippen molar-refractivity contribution in [3.63, 3.8) is 0 Å². The van der Waals surface area contributed by atoms with Crippen LogP contribution in [0.2, 0.25) is 0 Å². The Kier molecular flexibility index (Phi) is 5.34. The molecule has 0 aliphatic carbocycles. The summed E-state index contributed by atoms with van der Waals surface area (Å²) in [4.78, 5) is 29.8. The first-order valence-corrected chi connectivity index (χ1v) is 9.96. The van der Waals surface area contributed by atoms with Crippen molar-refractivity contribution in [2.45, 2.75) is 26.2 Å². The number of aryl methyl sites for hydroxylation is 1. The van der Waals surface area contributed by atoms with E-state index in [0.717, 1.165) is 28.6 Å². The maximum atomic E-state index is 13.5. The zero-order valence-electron chi connectivity index (χ0n) is 16.4. The predicted octanol–water partition coefficient (Wildman–Crippen LogP) is 3.90. The smallest absolute Gasteiger partial charge is 0.229 e. The summed E-state index contributed by atoms with van der Waals surface area (Å²) >= 11 is 0. The average molecular weight is 393 g/mol. The minimum Gasteiger partial charge on any atom is -0.361 e. The van der Waals surface area contributed by atoms with Gasteiger partial charge in [-0.25, -0.2) is 4.39 Å². The number of fused-ring (bicyclic) bond motifs is 1. The van der Waals surface area contributed by atoms with Crippen molar-refractivity contribution in [2.75, 3.05) is 18.4 Å². The molecule has 5 nitrogen and oxygen atoms in total. The SMILES string of the molecule is CCc1ccc(NC(=O)C2CC(=O)N(CCc3c[nH]c4ccc(F)cc34)C2)cc1. The van der Waals surface area contributed by atoms with E-state index in [2.05, 4.69) is 17.2 Å². The number of nitrogens with one attached hydrogen (secondary N) is 2. The van der Waals surface area contributed by atoms with Crippen molar-refractivity contribution in [1.82, 2.24) is 9.88 Å². The molecule has 2 aromatic carbocycles. The predicted molar refractivity (Wildman–Crippen MR) is 111 cm³/mol. The molecule has 150 valence electrons. The number of nitrogens with zero attached hydrogens (tertiary/aromatic N) is 1. The van der Waals surface area contributed by atoms with E-state index in [-0.39, 0.29) is 30.0 Å². The van der Waals surface area contributed by atoms with Crippen LogP contribution in [0, 0.1) is 11.7 Å². The standard InChI is InChI=1S/C23H24FN3O2/c1-2-15-3-6-19(7-4-15)26-23(29)17-11-22(28)27(14-17)10-9-16-13-25-21-8-5-18(24)12-20(16)21/h3-8,12-13,17,25H,2,9-11,14H2,1H3,(H,26,29). The van der Waals surface area contributed by atoms with E-state index < -0.39 is 0 Å². The van der Waals surface area contributed by atoms with Gasteiger partial charge in [0.25, 0.3) is 0 Å². The maximum absolute atomic E-state index is 13.5. The van der Waals surface area contributed by atoms with Gasteiger partial charge in [0.1, 0.15) is 5.82 Å². The van der Waals surface area contributed by atoms with Gasteiger partial charge in [0, 0.05) is 42.3 Å². The number of rotatable bonds is 6. The van der Waals surface area contributed by atoms with Crippen LogP contribution in [0.4, 0.5) is 10.1 Å². The Labute approximate surface area is 168 Å². The number of halogens is 1. The Morgan fingerprint density at radius 2 is 2.03 bits per heavy atom. The Bertz CT molecular complexity index is 1040. The normalized spacial score (nSPS) is 16.6. The lowest BCUT2D eigenvalue weighted by atomic mass is 10.1. The van der Waals surface area contributed by atoms with Crippen LogP contribution in [-0.4, -0.2) is 34.8 Å². The molecule has 3 aromatic rings. The molecule has 1 fully saturated rings. The number of carbonyl (C=O) groups is 2. The summed E-state index contributed by atoms with van der Waals surface area (Å²) in [6.07, 6.45) is 3.64. The van der Waals surface area contributed by atoms with Crippen molar-refractivity contribution in [3.05, 3.63) is 65.6 Å². The number of H-pyrrole nitrogens is 1. The van der Waals surface area contributed by atoms with Crippen LogP contribution in [0.3, 0.4) is 0 Å². The third kappa shape index (κ3) is 4.16. The molecule has 1 aliphatic heterocycles. The van der Waals surface area contributed by atoms with Gasteiger partial charge in [-0.15, -0.1) is 0 Å². The van der Waals surface area contributed by atoms with Gasteiger partial charge in [-0.1, -0.05) is 19.1 Å². The van der Waals surface area contributed by atoms with Crippen LogP contribution in [0.15, 0.2) is 48.7 Å². The zero-order valence-corrected chi connectivity index (χ0v) is 16.4. The summed E-state index contributed by atoms with van der Waals surface area (Å²) in [5, 5.41) is 3.75. The van der Waals surface area contributed by atoms with Crippen molar-refractivity contribution in [3.8, 4) is 0 Å². The quantitative estimate of drug-likeness (QED) is 0.667. The first-order chi connectivity index (χ1) is 14.0. The largest absolute Gasteiger partial charge is 0.361 e. The van der Waals surface area contributed by atoms with Crippen LogP contribution in [0.25, 0.3) is 10.9 Å². The first kappa shape index (κ1) is 19.2. The van der Waals surface area contributed by atoms with Gasteiger partial charge in [-0.05, 0) is 54.3 Å². The molecule has 29 heavy (non-hydrogen) atoms. The fourth-order valence-electron chi connectivity index (χ4n) is 3.84. The number of benzene rings is 2. The Morgan fingerprint density at radius 1 is 1.24 bits per heavy atom. The molecule has 4 rings (SSSR count). The number of anilines is 1. The highest BCUT2D eigenvalue weighted by molar-refractivity contribution is 5.97. The summed E-state index contributed by atoms with van der Waals surface area (Å²) in [6.45, 7) is 3.00. The minimum absolute atomic E-state index is 0.0162. The Balaban J connectivity index is 1.35. The molecule has 2 amide bonds. The van der Waals surface area contributed by atoms with Crippen LogP contribution >= 0.6 is 0 Å². The molecular weight excluding hydrogens is 369 g/mol. The maximum Gasteiger partial charge on any atom is 0.229 e. The zero-order chi connectivity index (χ0) is 20.4. The number of amides is 2. The van der Waals surface area contributed by atoms with Gasteiger partial charge < -0.3 is 15.2 Å². The second-order valence-electron chi connectivity index (χ2n) is 7.53. The first-order valence-electron chi connectivity index (χ1n) is 9.96. The summed E-state index contributed by atoms with van der Waals surface area (Å²) in [5.74, 6) is -0.773. The van der Waals surface area contributed by atoms with E-state index in [1.807, 2.05) is 30.5 Å². The Hall–Kier alpha value is -3.15. The highest BCUT2D eigenvalue weighted by Gasteiger charge is 2.34. The van der Waals surface area contributed by atoms with E-state index in [4.69, 9.17) is 0 Å². The minimum atomic E-state index is -0.353. The van der Waals surface area contributed by atoms with Crippen molar-refractivity contribution < 1.29 is 14.0 Å². The number of aromatic nitrogens is 1. The average Bonchev–Trinajstić information content (AvgIpc) is 3.30. The fourth-order valence-corrected chi connectivity index (χ4v) is 3.84. The molecular formula is C23H24FN3O2. The molecule has 0 radical (unpaired) electrons. The lowest BCUT2D eigenvalue weighted by molar-refractivity contribution is -0.128. The van der Waals surface area contributed by atoms with Crippen LogP contribution in [-0.2, 0) is 22.4 Å².